The van der Waals surface area contributed by atoms with Gasteiger partial charge in [0.05, 0.1) is 18.3 Å². The molecule has 2 aromatic heterocycles. The van der Waals surface area contributed by atoms with Gasteiger partial charge in [0, 0.05) is 23.7 Å². The summed E-state index contributed by atoms with van der Waals surface area (Å²) in [6.07, 6.45) is 4.64. The molecule has 0 bridgehead atoms. The Morgan fingerprint density at radius 2 is 2.07 bits per heavy atom. The second-order valence-corrected chi connectivity index (χ2v) is 7.62. The van der Waals surface area contributed by atoms with Gasteiger partial charge < -0.3 is 5.32 Å². The number of nitrogens with zero attached hydrogens (tertiary/aromatic N) is 3. The quantitative estimate of drug-likeness (QED) is 0.707. The van der Waals surface area contributed by atoms with Crippen LogP contribution in [0.4, 0.5) is 5.13 Å². The van der Waals surface area contributed by atoms with E-state index in [0.717, 1.165) is 37.2 Å². The van der Waals surface area contributed by atoms with Crippen LogP contribution in [0.5, 0.6) is 0 Å². The average Bonchev–Trinajstić information content (AvgIpc) is 3.35. The van der Waals surface area contributed by atoms with Crippen LogP contribution < -0.4 is 5.32 Å². The first-order valence-electron chi connectivity index (χ1n) is 9.21. The monoisotopic (exact) mass is 378 g/mol. The highest BCUT2D eigenvalue weighted by atomic mass is 32.1. The van der Waals surface area contributed by atoms with Gasteiger partial charge in [-0.25, -0.2) is 4.98 Å². The van der Waals surface area contributed by atoms with E-state index in [0.29, 0.717) is 11.7 Å². The Morgan fingerprint density at radius 3 is 2.89 bits per heavy atom. The largest absolute Gasteiger partial charge is 0.301 e. The van der Waals surface area contributed by atoms with Crippen molar-refractivity contribution in [2.45, 2.75) is 25.3 Å². The zero-order valence-electron chi connectivity index (χ0n) is 15.0. The highest BCUT2D eigenvalue weighted by molar-refractivity contribution is 7.13. The van der Waals surface area contributed by atoms with Crippen LogP contribution in [0.2, 0.25) is 0 Å². The van der Waals surface area contributed by atoms with Gasteiger partial charge in [0.15, 0.2) is 5.13 Å². The van der Waals surface area contributed by atoms with Gasteiger partial charge in [0.1, 0.15) is 0 Å². The molecule has 1 unspecified atom stereocenters. The first-order valence-corrected chi connectivity index (χ1v) is 10.1. The van der Waals surface area contributed by atoms with Gasteiger partial charge in [-0.15, -0.1) is 11.3 Å². The molecule has 0 aliphatic carbocycles. The van der Waals surface area contributed by atoms with Gasteiger partial charge in [0.25, 0.3) is 0 Å². The van der Waals surface area contributed by atoms with Gasteiger partial charge in [-0.05, 0) is 37.1 Å². The van der Waals surface area contributed by atoms with E-state index in [1.165, 1.54) is 16.9 Å². The number of carbonyl (C=O) groups is 1. The number of thiazole rings is 1. The second kappa shape index (κ2) is 8.41. The molecule has 0 saturated carbocycles. The first-order chi connectivity index (χ1) is 13.3. The molecule has 138 valence electrons. The molecule has 4 rings (SSSR count). The zero-order chi connectivity index (χ0) is 18.5. The summed E-state index contributed by atoms with van der Waals surface area (Å²) in [5, 5.41) is 5.38. The highest BCUT2D eigenvalue weighted by Gasteiger charge is 2.28. The summed E-state index contributed by atoms with van der Waals surface area (Å²) < 4.78 is 0. The Labute approximate surface area is 163 Å². The third-order valence-electron chi connectivity index (χ3n) is 4.79. The summed E-state index contributed by atoms with van der Waals surface area (Å²) in [6, 6.07) is 16.8. The van der Waals surface area contributed by atoms with Gasteiger partial charge in [0.2, 0.25) is 5.91 Å². The number of aromatic nitrogens is 2. The molecule has 1 atom stereocenters. The standard InChI is InChI=1S/C21H22N4OS/c26-20(24-21-22-11-13-27-21)15-25-12-5-10-19(25)18-9-4-8-17(23-18)14-16-6-2-1-3-7-16/h1-4,6-9,11,13,19H,5,10,12,14-15H2,(H,22,24,26). The van der Waals surface area contributed by atoms with Crippen molar-refractivity contribution >= 4 is 22.4 Å². The number of likely N-dealkylation sites (tertiary alicyclic amines) is 1. The van der Waals surface area contributed by atoms with Crippen LogP contribution in [0, 0.1) is 0 Å². The van der Waals surface area contributed by atoms with Crippen molar-refractivity contribution in [1.29, 1.82) is 0 Å². The Balaban J connectivity index is 1.43. The molecule has 27 heavy (non-hydrogen) atoms. The van der Waals surface area contributed by atoms with Gasteiger partial charge >= 0.3 is 0 Å². The van der Waals surface area contributed by atoms with E-state index in [1.54, 1.807) is 6.20 Å². The van der Waals surface area contributed by atoms with Crippen LogP contribution in [0.25, 0.3) is 0 Å². The van der Waals surface area contributed by atoms with Gasteiger partial charge in [-0.2, -0.15) is 0 Å². The van der Waals surface area contributed by atoms with Crippen molar-refractivity contribution in [1.82, 2.24) is 14.9 Å². The SMILES string of the molecule is O=C(CN1CCCC1c1cccc(Cc2ccccc2)n1)Nc1nccs1. The topological polar surface area (TPSA) is 58.1 Å². The maximum Gasteiger partial charge on any atom is 0.240 e. The number of carbonyl (C=O) groups excluding carboxylic acids is 1. The lowest BCUT2D eigenvalue weighted by atomic mass is 10.1. The lowest BCUT2D eigenvalue weighted by molar-refractivity contribution is -0.117. The van der Waals surface area contributed by atoms with Crippen LogP contribution in [0.15, 0.2) is 60.1 Å². The third kappa shape index (κ3) is 4.59. The molecule has 5 nitrogen and oxygen atoms in total. The molecule has 1 fully saturated rings. The average molecular weight is 379 g/mol. The lowest BCUT2D eigenvalue weighted by Crippen LogP contribution is -2.33. The zero-order valence-corrected chi connectivity index (χ0v) is 15.9. The summed E-state index contributed by atoms with van der Waals surface area (Å²) in [5.41, 5.74) is 3.38. The van der Waals surface area contributed by atoms with Gasteiger partial charge in [-0.3, -0.25) is 14.7 Å². The van der Waals surface area contributed by atoms with E-state index in [2.05, 4.69) is 57.7 Å². The minimum Gasteiger partial charge on any atom is -0.301 e. The number of amides is 1. The van der Waals surface area contributed by atoms with E-state index >= 15 is 0 Å². The molecule has 1 aliphatic rings. The molecule has 0 spiro atoms. The van der Waals surface area contributed by atoms with E-state index < -0.39 is 0 Å². The molecule has 1 aromatic carbocycles. The number of rotatable bonds is 6. The number of hydrogen-bond donors (Lipinski definition) is 1. The first kappa shape index (κ1) is 17.8. The molecule has 6 heteroatoms. The fourth-order valence-corrected chi connectivity index (χ4v) is 4.11. The van der Waals surface area contributed by atoms with E-state index in [4.69, 9.17) is 4.98 Å². The molecule has 0 radical (unpaired) electrons. The van der Waals surface area contributed by atoms with Gasteiger partial charge in [-0.1, -0.05) is 36.4 Å². The van der Waals surface area contributed by atoms with Crippen LogP contribution in [-0.2, 0) is 11.2 Å². The number of benzene rings is 1. The Hall–Kier alpha value is -2.57. The minimum atomic E-state index is -0.0164. The summed E-state index contributed by atoms with van der Waals surface area (Å²) in [6.45, 7) is 1.29. The molecule has 1 saturated heterocycles. The Kier molecular flexibility index (Phi) is 5.55. The van der Waals surface area contributed by atoms with E-state index in [1.807, 2.05) is 11.4 Å². The number of pyridine rings is 1. The smallest absolute Gasteiger partial charge is 0.240 e. The molecule has 3 aromatic rings. The van der Waals surface area contributed by atoms with Crippen molar-refractivity contribution < 1.29 is 4.79 Å². The number of anilines is 1. The van der Waals surface area contributed by atoms with Crippen LogP contribution in [-0.4, -0.2) is 33.9 Å². The Bertz CT molecular complexity index is 882. The van der Waals surface area contributed by atoms with E-state index in [-0.39, 0.29) is 11.9 Å². The maximum atomic E-state index is 12.3. The predicted molar refractivity (Wildman–Crippen MR) is 108 cm³/mol. The van der Waals surface area contributed by atoms with Crippen molar-refractivity contribution in [3.8, 4) is 0 Å². The minimum absolute atomic E-state index is 0.0164. The highest BCUT2D eigenvalue weighted by Crippen LogP contribution is 2.30. The fourth-order valence-electron chi connectivity index (χ4n) is 3.57. The number of hydrogen-bond acceptors (Lipinski definition) is 5. The van der Waals surface area contributed by atoms with Crippen molar-refractivity contribution in [3.05, 3.63) is 77.1 Å². The summed E-state index contributed by atoms with van der Waals surface area (Å²) >= 11 is 1.44. The molecular formula is C21H22N4OS. The van der Waals surface area contributed by atoms with Crippen LogP contribution in [0.1, 0.15) is 35.8 Å². The third-order valence-corrected chi connectivity index (χ3v) is 5.48. The van der Waals surface area contributed by atoms with Crippen molar-refractivity contribution in [2.24, 2.45) is 0 Å². The Morgan fingerprint density at radius 1 is 1.19 bits per heavy atom. The summed E-state index contributed by atoms with van der Waals surface area (Å²) in [7, 11) is 0. The molecule has 3 heterocycles. The maximum absolute atomic E-state index is 12.3. The summed E-state index contributed by atoms with van der Waals surface area (Å²) in [4.78, 5) is 23.6. The van der Waals surface area contributed by atoms with E-state index in [9.17, 15) is 4.79 Å². The molecule has 1 amide bonds. The summed E-state index contributed by atoms with van der Waals surface area (Å²) in [5.74, 6) is -0.0164. The van der Waals surface area contributed by atoms with Crippen molar-refractivity contribution in [2.75, 3.05) is 18.4 Å². The van der Waals surface area contributed by atoms with Crippen LogP contribution >= 0.6 is 11.3 Å². The number of nitrogens with one attached hydrogen (secondary N) is 1. The second-order valence-electron chi connectivity index (χ2n) is 6.73. The lowest BCUT2D eigenvalue weighted by Gasteiger charge is -2.23. The van der Waals surface area contributed by atoms with Crippen molar-refractivity contribution in [3.63, 3.8) is 0 Å². The molecule has 1 aliphatic heterocycles. The molecular weight excluding hydrogens is 356 g/mol. The normalized spacial score (nSPS) is 17.1. The molecule has 1 N–H and O–H groups in total. The fraction of sp³-hybridized carbons (Fsp3) is 0.286. The predicted octanol–water partition coefficient (Wildman–Crippen LogP) is 3.90. The van der Waals surface area contributed by atoms with Crippen LogP contribution in [0.3, 0.4) is 0 Å².